The van der Waals surface area contributed by atoms with Crippen LogP contribution in [-0.4, -0.2) is 13.1 Å². The van der Waals surface area contributed by atoms with Gasteiger partial charge in [-0.05, 0) is 30.5 Å². The molecule has 0 saturated carbocycles. The van der Waals surface area contributed by atoms with Crippen molar-refractivity contribution in [3.63, 3.8) is 0 Å². The van der Waals surface area contributed by atoms with Gasteiger partial charge in [-0.2, -0.15) is 13.2 Å². The molecule has 0 aliphatic rings. The van der Waals surface area contributed by atoms with Crippen molar-refractivity contribution >= 4 is 21.6 Å². The van der Waals surface area contributed by atoms with Crippen LogP contribution in [0.5, 0.6) is 0 Å². The van der Waals surface area contributed by atoms with Crippen LogP contribution >= 0.6 is 15.9 Å². The van der Waals surface area contributed by atoms with Gasteiger partial charge in [-0.25, -0.2) is 0 Å². The zero-order chi connectivity index (χ0) is 14.6. The first-order chi connectivity index (χ1) is 8.85. The molecule has 1 rings (SSSR count). The predicted molar refractivity (Wildman–Crippen MR) is 76.8 cm³/mol. The monoisotopic (exact) mass is 337 g/mol. The lowest BCUT2D eigenvalue weighted by atomic mass is 10.0. The van der Waals surface area contributed by atoms with E-state index in [9.17, 15) is 13.2 Å². The Morgan fingerprint density at radius 3 is 2.21 bits per heavy atom. The van der Waals surface area contributed by atoms with E-state index in [1.54, 1.807) is 12.1 Å². The second-order valence-electron chi connectivity index (χ2n) is 4.55. The third-order valence-corrected chi connectivity index (χ3v) is 4.04. The lowest BCUT2D eigenvalue weighted by molar-refractivity contribution is -0.138. The number of halogens is 4. The van der Waals surface area contributed by atoms with Crippen LogP contribution in [0.15, 0.2) is 18.2 Å². The molecule has 0 aliphatic carbocycles. The number of anilines is 1. The van der Waals surface area contributed by atoms with Crippen molar-refractivity contribution in [2.75, 3.05) is 11.9 Å². The topological polar surface area (TPSA) is 3.24 Å². The summed E-state index contributed by atoms with van der Waals surface area (Å²) in [6.07, 6.45) is -2.49. The average molecular weight is 338 g/mol. The molecule has 0 heterocycles. The summed E-state index contributed by atoms with van der Waals surface area (Å²) in [6, 6.07) is 4.81. The molecular formula is C14H19BrF3N. The van der Waals surface area contributed by atoms with Gasteiger partial charge in [0.2, 0.25) is 0 Å². The Hall–Kier alpha value is -0.710. The molecule has 0 fully saturated rings. The van der Waals surface area contributed by atoms with Gasteiger partial charge in [0.1, 0.15) is 0 Å². The summed E-state index contributed by atoms with van der Waals surface area (Å²) in [5.74, 6) is 0. The highest BCUT2D eigenvalue weighted by molar-refractivity contribution is 9.08. The molecule has 0 atom stereocenters. The van der Waals surface area contributed by atoms with E-state index >= 15 is 0 Å². The minimum absolute atomic E-state index is 0.205. The quantitative estimate of drug-likeness (QED) is 0.665. The predicted octanol–water partition coefficient (Wildman–Crippen LogP) is 5.23. The third kappa shape index (κ3) is 3.88. The summed E-state index contributed by atoms with van der Waals surface area (Å²) in [6.45, 7) is 4.09. The summed E-state index contributed by atoms with van der Waals surface area (Å²) < 4.78 is 39.0. The van der Waals surface area contributed by atoms with E-state index in [-0.39, 0.29) is 16.9 Å². The lowest BCUT2D eigenvalue weighted by Gasteiger charge is -2.29. The van der Waals surface area contributed by atoms with Crippen molar-refractivity contribution in [3.05, 3.63) is 29.3 Å². The minimum atomic E-state index is -4.31. The largest absolute Gasteiger partial charge is 0.416 e. The van der Waals surface area contributed by atoms with E-state index in [2.05, 4.69) is 15.9 Å². The Morgan fingerprint density at radius 1 is 1.21 bits per heavy atom. The Kier molecular flexibility index (Phi) is 5.71. The van der Waals surface area contributed by atoms with E-state index in [1.807, 2.05) is 25.8 Å². The van der Waals surface area contributed by atoms with Gasteiger partial charge in [-0.3, -0.25) is 0 Å². The summed E-state index contributed by atoms with van der Waals surface area (Å²) in [7, 11) is 1.85. The zero-order valence-corrected chi connectivity index (χ0v) is 13.0. The molecule has 0 amide bonds. The maximum Gasteiger partial charge on any atom is 0.416 e. The van der Waals surface area contributed by atoms with E-state index in [0.717, 1.165) is 12.8 Å². The van der Waals surface area contributed by atoms with E-state index < -0.39 is 11.7 Å². The van der Waals surface area contributed by atoms with Gasteiger partial charge in [0.05, 0.1) is 5.56 Å². The summed E-state index contributed by atoms with van der Waals surface area (Å²) in [5, 5.41) is 0.205. The van der Waals surface area contributed by atoms with Crippen LogP contribution in [0.2, 0.25) is 0 Å². The Labute approximate surface area is 120 Å². The average Bonchev–Trinajstić information content (AvgIpc) is 2.38. The summed E-state index contributed by atoms with van der Waals surface area (Å²) in [4.78, 5) is 1.92. The molecule has 0 unspecified atom stereocenters. The highest BCUT2D eigenvalue weighted by Crippen LogP contribution is 2.35. The van der Waals surface area contributed by atoms with Crippen molar-refractivity contribution in [2.24, 2.45) is 0 Å². The van der Waals surface area contributed by atoms with Crippen molar-refractivity contribution in [3.8, 4) is 0 Å². The van der Waals surface area contributed by atoms with Crippen LogP contribution in [-0.2, 0) is 11.5 Å². The molecule has 1 nitrogen and oxygen atoms in total. The maximum absolute atomic E-state index is 13.0. The number of benzene rings is 1. The van der Waals surface area contributed by atoms with Crippen LogP contribution in [0.4, 0.5) is 18.9 Å². The molecule has 0 saturated heterocycles. The Morgan fingerprint density at radius 2 is 1.79 bits per heavy atom. The van der Waals surface area contributed by atoms with Crippen LogP contribution in [0.1, 0.15) is 37.8 Å². The van der Waals surface area contributed by atoms with Gasteiger partial charge >= 0.3 is 6.18 Å². The molecular weight excluding hydrogens is 319 g/mol. The molecule has 19 heavy (non-hydrogen) atoms. The van der Waals surface area contributed by atoms with Gasteiger partial charge in [-0.15, -0.1) is 0 Å². The number of hydrogen-bond acceptors (Lipinski definition) is 1. The van der Waals surface area contributed by atoms with E-state index in [0.29, 0.717) is 5.69 Å². The van der Waals surface area contributed by atoms with Crippen molar-refractivity contribution in [1.82, 2.24) is 0 Å². The molecule has 0 spiro atoms. The highest BCUT2D eigenvalue weighted by Gasteiger charge is 2.33. The molecule has 0 aliphatic heterocycles. The minimum Gasteiger partial charge on any atom is -0.372 e. The SMILES string of the molecule is CCC(CC)N(C)c1ccc(CBr)c(C(F)(F)F)c1. The summed E-state index contributed by atoms with van der Waals surface area (Å²) >= 11 is 3.11. The molecule has 1 aromatic rings. The molecule has 0 radical (unpaired) electrons. The zero-order valence-electron chi connectivity index (χ0n) is 11.4. The molecule has 1 aromatic carbocycles. The molecule has 5 heteroatoms. The first-order valence-electron chi connectivity index (χ1n) is 6.34. The standard InChI is InChI=1S/C14H19BrF3N/c1-4-11(5-2)19(3)12-7-6-10(9-15)13(8-12)14(16,17)18/h6-8,11H,4-5,9H2,1-3H3. The fraction of sp³-hybridized carbons (Fsp3) is 0.571. The van der Waals surface area contributed by atoms with Gasteiger partial charge < -0.3 is 4.90 Å². The van der Waals surface area contributed by atoms with Crippen molar-refractivity contribution in [2.45, 2.75) is 44.2 Å². The number of nitrogens with zero attached hydrogens (tertiary/aromatic N) is 1. The Bertz CT molecular complexity index is 414. The number of alkyl halides is 4. The van der Waals surface area contributed by atoms with Gasteiger partial charge in [0, 0.05) is 24.1 Å². The van der Waals surface area contributed by atoms with Gasteiger partial charge in [0.25, 0.3) is 0 Å². The number of rotatable bonds is 5. The van der Waals surface area contributed by atoms with Crippen molar-refractivity contribution < 1.29 is 13.2 Å². The molecule has 0 bridgehead atoms. The fourth-order valence-corrected chi connectivity index (χ4v) is 2.70. The van der Waals surface area contributed by atoms with Crippen LogP contribution in [0.25, 0.3) is 0 Å². The highest BCUT2D eigenvalue weighted by atomic mass is 79.9. The normalized spacial score (nSPS) is 12.0. The first kappa shape index (κ1) is 16.3. The van der Waals surface area contributed by atoms with Crippen LogP contribution in [0, 0.1) is 0 Å². The Balaban J connectivity index is 3.18. The van der Waals surface area contributed by atoms with E-state index in [4.69, 9.17) is 0 Å². The molecule has 0 aromatic heterocycles. The number of hydrogen-bond donors (Lipinski definition) is 0. The molecule has 108 valence electrons. The van der Waals surface area contributed by atoms with E-state index in [1.165, 1.54) is 6.07 Å². The van der Waals surface area contributed by atoms with Crippen LogP contribution in [0.3, 0.4) is 0 Å². The molecule has 0 N–H and O–H groups in total. The van der Waals surface area contributed by atoms with Crippen LogP contribution < -0.4 is 4.90 Å². The third-order valence-electron chi connectivity index (χ3n) is 3.44. The first-order valence-corrected chi connectivity index (χ1v) is 7.46. The van der Waals surface area contributed by atoms with Gasteiger partial charge in [-0.1, -0.05) is 35.8 Å². The fourth-order valence-electron chi connectivity index (χ4n) is 2.21. The second-order valence-corrected chi connectivity index (χ2v) is 5.11. The second kappa shape index (κ2) is 6.64. The van der Waals surface area contributed by atoms with Gasteiger partial charge in [0.15, 0.2) is 0 Å². The smallest absolute Gasteiger partial charge is 0.372 e. The maximum atomic E-state index is 13.0. The van der Waals surface area contributed by atoms with Crippen molar-refractivity contribution in [1.29, 1.82) is 0 Å². The summed E-state index contributed by atoms with van der Waals surface area (Å²) in [5.41, 5.74) is 0.333. The lowest BCUT2D eigenvalue weighted by Crippen LogP contribution is -2.30.